The summed E-state index contributed by atoms with van der Waals surface area (Å²) in [5.74, 6) is -2.75. The van der Waals surface area contributed by atoms with E-state index in [1.807, 2.05) is 0 Å². The maximum absolute atomic E-state index is 13.5. The highest BCUT2D eigenvalue weighted by Crippen LogP contribution is 2.38. The van der Waals surface area contributed by atoms with Crippen molar-refractivity contribution < 1.29 is 14.0 Å². The van der Waals surface area contributed by atoms with Gasteiger partial charge in [0.1, 0.15) is 5.82 Å². The first-order valence-electron chi connectivity index (χ1n) is 8.19. The fourth-order valence-corrected chi connectivity index (χ4v) is 3.44. The smallest absolute Gasteiger partial charge is 0.313 e. The van der Waals surface area contributed by atoms with E-state index in [2.05, 4.69) is 15.6 Å². The Bertz CT molecular complexity index is 978. The summed E-state index contributed by atoms with van der Waals surface area (Å²) in [5.41, 5.74) is 12.7. The van der Waals surface area contributed by atoms with E-state index in [-0.39, 0.29) is 16.7 Å². The molecule has 0 heterocycles. The lowest BCUT2D eigenvalue weighted by molar-refractivity contribution is -0.136. The van der Waals surface area contributed by atoms with Crippen LogP contribution in [-0.4, -0.2) is 23.8 Å². The Hall–Kier alpha value is -2.84. The number of guanidine groups is 1. The van der Waals surface area contributed by atoms with E-state index >= 15 is 0 Å². The minimum Gasteiger partial charge on any atom is -0.370 e. The van der Waals surface area contributed by atoms with Gasteiger partial charge in [0.05, 0.1) is 17.1 Å². The van der Waals surface area contributed by atoms with Gasteiger partial charge in [-0.05, 0) is 41.8 Å². The fraction of sp³-hybridized carbons (Fsp3) is 0.167. The Morgan fingerprint density at radius 3 is 2.54 bits per heavy atom. The molecule has 10 heteroatoms. The van der Waals surface area contributed by atoms with Crippen LogP contribution in [0.4, 0.5) is 10.1 Å². The molecule has 0 spiro atoms. The molecule has 0 bridgehead atoms. The molecule has 6 N–H and O–H groups in total. The van der Waals surface area contributed by atoms with Gasteiger partial charge in [0.2, 0.25) is 0 Å². The number of carbonyl (C=O) groups is 2. The van der Waals surface area contributed by atoms with Gasteiger partial charge in [0.15, 0.2) is 5.96 Å². The quantitative estimate of drug-likeness (QED) is 0.343. The molecular formula is C18H16Cl2FN5O2. The number of carbonyl (C=O) groups excluding carboxylic acids is 2. The predicted molar refractivity (Wildman–Crippen MR) is 106 cm³/mol. The molecule has 2 atom stereocenters. The van der Waals surface area contributed by atoms with Crippen LogP contribution in [0.3, 0.4) is 0 Å². The highest BCUT2D eigenvalue weighted by Gasteiger charge is 2.35. The number of rotatable bonds is 3. The van der Waals surface area contributed by atoms with Crippen LogP contribution in [0.1, 0.15) is 17.2 Å². The fourth-order valence-electron chi connectivity index (χ4n) is 3.06. The molecule has 28 heavy (non-hydrogen) atoms. The van der Waals surface area contributed by atoms with E-state index in [9.17, 15) is 14.0 Å². The summed E-state index contributed by atoms with van der Waals surface area (Å²) in [6.07, 6.45) is 0.352. The largest absolute Gasteiger partial charge is 0.370 e. The summed E-state index contributed by atoms with van der Waals surface area (Å²) in [6, 6.07) is 7.79. The van der Waals surface area contributed by atoms with Crippen molar-refractivity contribution in [3.8, 4) is 0 Å². The lowest BCUT2D eigenvalue weighted by atomic mass is 10.1. The van der Waals surface area contributed by atoms with Crippen LogP contribution < -0.4 is 22.1 Å². The van der Waals surface area contributed by atoms with Crippen LogP contribution in [0.2, 0.25) is 10.0 Å². The summed E-state index contributed by atoms with van der Waals surface area (Å²) in [6.45, 7) is 0. The topological polar surface area (TPSA) is 123 Å². The first kappa shape index (κ1) is 19.9. The van der Waals surface area contributed by atoms with E-state index < -0.39 is 29.7 Å². The van der Waals surface area contributed by atoms with Crippen LogP contribution in [0.15, 0.2) is 41.4 Å². The van der Waals surface area contributed by atoms with E-state index in [4.69, 9.17) is 34.7 Å². The minimum atomic E-state index is -0.966. The molecule has 1 aliphatic carbocycles. The number of hydrogen-bond donors (Lipinski definition) is 4. The maximum Gasteiger partial charge on any atom is 0.313 e. The van der Waals surface area contributed by atoms with Gasteiger partial charge in [-0.3, -0.25) is 9.59 Å². The second-order valence-corrected chi connectivity index (χ2v) is 6.99. The average molecular weight is 424 g/mol. The molecule has 0 aliphatic heterocycles. The molecule has 0 saturated heterocycles. The molecule has 1 aliphatic rings. The van der Waals surface area contributed by atoms with Crippen molar-refractivity contribution in [3.05, 3.63) is 63.4 Å². The zero-order valence-corrected chi connectivity index (χ0v) is 15.9. The summed E-state index contributed by atoms with van der Waals surface area (Å²) in [7, 11) is 0. The van der Waals surface area contributed by atoms with Crippen LogP contribution in [0, 0.1) is 5.82 Å². The second kappa shape index (κ2) is 8.04. The van der Waals surface area contributed by atoms with Gasteiger partial charge in [0, 0.05) is 10.7 Å². The molecule has 3 rings (SSSR count). The van der Waals surface area contributed by atoms with Crippen LogP contribution in [0.5, 0.6) is 0 Å². The Balaban J connectivity index is 1.75. The van der Waals surface area contributed by atoms with Gasteiger partial charge in [-0.15, -0.1) is 0 Å². The number of amides is 2. The first-order chi connectivity index (χ1) is 13.3. The molecule has 2 unspecified atom stereocenters. The van der Waals surface area contributed by atoms with Crippen molar-refractivity contribution in [3.63, 3.8) is 0 Å². The molecule has 2 aromatic carbocycles. The van der Waals surface area contributed by atoms with Crippen molar-refractivity contribution in [2.24, 2.45) is 16.5 Å². The lowest BCUT2D eigenvalue weighted by Crippen LogP contribution is -2.44. The van der Waals surface area contributed by atoms with Gasteiger partial charge in [-0.25, -0.2) is 9.38 Å². The van der Waals surface area contributed by atoms with Crippen molar-refractivity contribution in [1.29, 1.82) is 0 Å². The molecule has 0 fully saturated rings. The number of hydrogen-bond acceptors (Lipinski definition) is 3. The van der Waals surface area contributed by atoms with Crippen molar-refractivity contribution in [2.45, 2.75) is 18.5 Å². The number of halogens is 3. The van der Waals surface area contributed by atoms with E-state index in [1.165, 1.54) is 12.1 Å². The van der Waals surface area contributed by atoms with Crippen molar-refractivity contribution in [2.75, 3.05) is 5.32 Å². The standard InChI is InChI=1S/C18H16Cl2FN5O2/c19-11-3-1-2-9-10(11)7-14(15(9)26-18(22)23)25-17(28)16(27)24-8-4-5-12(20)13(21)6-8/h1-6,14-15H,7H2,(H,24,27)(H,25,28)(H4,22,23,26). The molecule has 7 nitrogen and oxygen atoms in total. The lowest BCUT2D eigenvalue weighted by Gasteiger charge is -2.18. The maximum atomic E-state index is 13.5. The number of benzene rings is 2. The molecule has 2 aromatic rings. The summed E-state index contributed by atoms with van der Waals surface area (Å²) in [4.78, 5) is 28.7. The second-order valence-electron chi connectivity index (χ2n) is 6.17. The van der Waals surface area contributed by atoms with Gasteiger partial charge >= 0.3 is 11.8 Å². The zero-order chi connectivity index (χ0) is 20.4. The summed E-state index contributed by atoms with van der Waals surface area (Å²) in [5, 5.41) is 5.34. The van der Waals surface area contributed by atoms with E-state index in [1.54, 1.807) is 18.2 Å². The van der Waals surface area contributed by atoms with Crippen LogP contribution >= 0.6 is 23.2 Å². The van der Waals surface area contributed by atoms with E-state index in [0.717, 1.165) is 17.2 Å². The number of nitrogens with one attached hydrogen (secondary N) is 2. The molecule has 0 saturated carbocycles. The van der Waals surface area contributed by atoms with Crippen molar-refractivity contribution >= 4 is 46.7 Å². The SMILES string of the molecule is NC(N)=NC1c2cccc(Cl)c2CC1NC(=O)C(=O)Nc1ccc(Cl)c(F)c1. The third-order valence-corrected chi connectivity index (χ3v) is 4.93. The number of aliphatic imine (C=N–C) groups is 1. The summed E-state index contributed by atoms with van der Waals surface area (Å²) < 4.78 is 13.5. The number of fused-ring (bicyclic) bond motifs is 1. The first-order valence-corrected chi connectivity index (χ1v) is 8.94. The predicted octanol–water partition coefficient (Wildman–Crippen LogP) is 2.13. The number of nitrogens with two attached hydrogens (primary N) is 2. The zero-order valence-electron chi connectivity index (χ0n) is 14.4. The normalized spacial score (nSPS) is 17.5. The van der Waals surface area contributed by atoms with Gasteiger partial charge in [-0.2, -0.15) is 0 Å². The average Bonchev–Trinajstić information content (AvgIpc) is 2.96. The molecule has 2 amide bonds. The Kier molecular flexibility index (Phi) is 5.71. The third kappa shape index (κ3) is 4.18. The van der Waals surface area contributed by atoms with E-state index in [0.29, 0.717) is 11.4 Å². The number of nitrogens with zero attached hydrogens (tertiary/aromatic N) is 1. The Labute approximate surface area is 169 Å². The molecule has 146 valence electrons. The number of anilines is 1. The van der Waals surface area contributed by atoms with Crippen molar-refractivity contribution in [1.82, 2.24) is 5.32 Å². The van der Waals surface area contributed by atoms with Gasteiger partial charge in [-0.1, -0.05) is 35.3 Å². The van der Waals surface area contributed by atoms with Crippen LogP contribution in [0.25, 0.3) is 0 Å². The third-order valence-electron chi connectivity index (χ3n) is 4.27. The summed E-state index contributed by atoms with van der Waals surface area (Å²) >= 11 is 11.8. The highest BCUT2D eigenvalue weighted by molar-refractivity contribution is 6.39. The molecule has 0 aromatic heterocycles. The molecule has 0 radical (unpaired) electrons. The Morgan fingerprint density at radius 2 is 1.86 bits per heavy atom. The molecular weight excluding hydrogens is 408 g/mol. The van der Waals surface area contributed by atoms with Gasteiger partial charge in [0.25, 0.3) is 0 Å². The minimum absolute atomic E-state index is 0.0943. The highest BCUT2D eigenvalue weighted by atomic mass is 35.5. The van der Waals surface area contributed by atoms with Gasteiger partial charge < -0.3 is 22.1 Å². The Morgan fingerprint density at radius 1 is 1.11 bits per heavy atom. The van der Waals surface area contributed by atoms with Crippen LogP contribution in [-0.2, 0) is 16.0 Å². The monoisotopic (exact) mass is 423 g/mol.